The van der Waals surface area contributed by atoms with Gasteiger partial charge in [-0.05, 0) is 62.8 Å². The van der Waals surface area contributed by atoms with Crippen molar-refractivity contribution in [3.63, 3.8) is 0 Å². The van der Waals surface area contributed by atoms with Gasteiger partial charge in [-0.1, -0.05) is 11.6 Å². The number of carbonyl (C=O) groups is 1. The van der Waals surface area contributed by atoms with Crippen LogP contribution in [0.4, 0.5) is 5.00 Å². The van der Waals surface area contributed by atoms with Gasteiger partial charge >= 0.3 is 0 Å². The number of nitriles is 1. The summed E-state index contributed by atoms with van der Waals surface area (Å²) in [6, 6.07) is 7.88. The zero-order valence-corrected chi connectivity index (χ0v) is 17.0. The molecule has 0 aliphatic heterocycles. The van der Waals surface area contributed by atoms with E-state index in [9.17, 15) is 14.9 Å². The maximum Gasteiger partial charge on any atom is 0.251 e. The summed E-state index contributed by atoms with van der Waals surface area (Å²) in [5.74, 6) is -0.288. The molecule has 142 valence electrons. The van der Waals surface area contributed by atoms with Gasteiger partial charge in [-0.15, -0.1) is 11.3 Å². The van der Waals surface area contributed by atoms with Crippen LogP contribution in [0.25, 0.3) is 10.9 Å². The Hall–Kier alpha value is -2.91. The molecule has 0 atom stereocenters. The monoisotopic (exact) mass is 391 g/mol. The van der Waals surface area contributed by atoms with Gasteiger partial charge in [0.25, 0.3) is 5.56 Å². The van der Waals surface area contributed by atoms with E-state index in [-0.39, 0.29) is 18.0 Å². The van der Waals surface area contributed by atoms with E-state index in [1.165, 1.54) is 20.8 Å². The number of nitrogens with one attached hydrogen (secondary N) is 1. The summed E-state index contributed by atoms with van der Waals surface area (Å²) in [5, 5.41) is 14.0. The van der Waals surface area contributed by atoms with Crippen LogP contribution in [0.3, 0.4) is 0 Å². The van der Waals surface area contributed by atoms with E-state index in [1.54, 1.807) is 6.07 Å². The van der Waals surface area contributed by atoms with Gasteiger partial charge in [0, 0.05) is 16.3 Å². The number of aromatic nitrogens is 1. The number of fused-ring (bicyclic) bond motifs is 2. The predicted molar refractivity (Wildman–Crippen MR) is 112 cm³/mol. The van der Waals surface area contributed by atoms with E-state index in [2.05, 4.69) is 11.4 Å². The van der Waals surface area contributed by atoms with E-state index in [0.29, 0.717) is 10.6 Å². The third-order valence-electron chi connectivity index (χ3n) is 5.33. The molecule has 1 aliphatic carbocycles. The minimum absolute atomic E-state index is 0.0764. The highest BCUT2D eigenvalue weighted by molar-refractivity contribution is 7.16. The number of rotatable bonds is 3. The van der Waals surface area contributed by atoms with Crippen molar-refractivity contribution in [2.45, 2.75) is 46.6 Å². The Kier molecular flexibility index (Phi) is 4.56. The molecule has 1 aromatic carbocycles. The summed E-state index contributed by atoms with van der Waals surface area (Å²) >= 11 is 1.49. The molecule has 1 amide bonds. The molecule has 3 aromatic rings. The molecule has 5 nitrogen and oxygen atoms in total. The van der Waals surface area contributed by atoms with Crippen molar-refractivity contribution in [1.82, 2.24) is 4.57 Å². The fourth-order valence-electron chi connectivity index (χ4n) is 4.15. The summed E-state index contributed by atoms with van der Waals surface area (Å²) in [6.45, 7) is 5.82. The van der Waals surface area contributed by atoms with Gasteiger partial charge in [0.15, 0.2) is 0 Å². The number of amides is 1. The first kappa shape index (κ1) is 18.5. The minimum atomic E-state index is -0.288. The Morgan fingerprint density at radius 1 is 1.21 bits per heavy atom. The number of pyridine rings is 1. The van der Waals surface area contributed by atoms with Gasteiger partial charge < -0.3 is 5.32 Å². The highest BCUT2D eigenvalue weighted by Gasteiger charge is 2.23. The van der Waals surface area contributed by atoms with Gasteiger partial charge in [-0.2, -0.15) is 5.26 Å². The molecule has 0 unspecified atom stereocenters. The number of benzene rings is 1. The number of anilines is 1. The Bertz CT molecular complexity index is 1230. The summed E-state index contributed by atoms with van der Waals surface area (Å²) in [6.07, 6.45) is 2.92. The average molecular weight is 391 g/mol. The molecule has 0 bridgehead atoms. The number of carbonyl (C=O) groups excluding carboxylic acids is 1. The summed E-state index contributed by atoms with van der Waals surface area (Å²) < 4.78 is 1.53. The van der Waals surface area contributed by atoms with Crippen molar-refractivity contribution in [2.24, 2.45) is 0 Å². The average Bonchev–Trinajstić information content (AvgIpc) is 3.19. The van der Waals surface area contributed by atoms with Gasteiger partial charge in [0.1, 0.15) is 17.6 Å². The Labute approximate surface area is 167 Å². The fraction of sp³-hybridized carbons (Fsp3) is 0.318. The molecule has 1 aliphatic rings. The molecule has 4 rings (SSSR count). The maximum absolute atomic E-state index is 12.8. The molecule has 28 heavy (non-hydrogen) atoms. The van der Waals surface area contributed by atoms with Crippen LogP contribution in [0, 0.1) is 32.1 Å². The maximum atomic E-state index is 12.8. The lowest BCUT2D eigenvalue weighted by atomic mass is 10.0. The van der Waals surface area contributed by atoms with Gasteiger partial charge in [-0.25, -0.2) is 0 Å². The lowest BCUT2D eigenvalue weighted by Crippen LogP contribution is -2.28. The quantitative estimate of drug-likeness (QED) is 0.734. The normalized spacial score (nSPS) is 12.8. The zero-order valence-electron chi connectivity index (χ0n) is 16.2. The Balaban J connectivity index is 1.71. The van der Waals surface area contributed by atoms with Crippen molar-refractivity contribution in [1.29, 1.82) is 5.26 Å². The van der Waals surface area contributed by atoms with Gasteiger partial charge in [-0.3, -0.25) is 14.2 Å². The number of nitrogens with zero attached hydrogens (tertiary/aromatic N) is 2. The number of hydrogen-bond donors (Lipinski definition) is 1. The van der Waals surface area contributed by atoms with Crippen molar-refractivity contribution in [2.75, 3.05) is 5.32 Å². The second-order valence-corrected chi connectivity index (χ2v) is 8.56. The van der Waals surface area contributed by atoms with Crippen LogP contribution in [0.15, 0.2) is 23.0 Å². The summed E-state index contributed by atoms with van der Waals surface area (Å²) in [5.41, 5.74) is 5.25. The van der Waals surface area contributed by atoms with Crippen LogP contribution in [0.2, 0.25) is 0 Å². The minimum Gasteiger partial charge on any atom is -0.315 e. The SMILES string of the molecule is Cc1cc(C)c2c(c1)c(C)cc(=O)n2CC(=O)Nc1sc2c(c1C#N)CCC2. The molecule has 2 heterocycles. The second-order valence-electron chi connectivity index (χ2n) is 7.45. The third kappa shape index (κ3) is 3.02. The van der Waals surface area contributed by atoms with Gasteiger partial charge in [0.2, 0.25) is 5.91 Å². The van der Waals surface area contributed by atoms with E-state index in [1.807, 2.05) is 32.9 Å². The molecular formula is C22H21N3O2S. The number of hydrogen-bond acceptors (Lipinski definition) is 4. The van der Waals surface area contributed by atoms with Crippen LogP contribution in [-0.2, 0) is 24.2 Å². The lowest BCUT2D eigenvalue weighted by molar-refractivity contribution is -0.116. The third-order valence-corrected chi connectivity index (χ3v) is 6.54. The van der Waals surface area contributed by atoms with Crippen molar-refractivity contribution < 1.29 is 4.79 Å². The highest BCUT2D eigenvalue weighted by Crippen LogP contribution is 2.38. The standard InChI is InChI=1S/C22H21N3O2S/c1-12-7-14(3)21-16(8-12)13(2)9-20(27)25(21)11-19(26)24-22-17(10-23)15-5-4-6-18(15)28-22/h7-9H,4-6,11H2,1-3H3,(H,24,26). The molecule has 0 fully saturated rings. The van der Waals surface area contributed by atoms with Crippen LogP contribution < -0.4 is 10.9 Å². The van der Waals surface area contributed by atoms with Crippen molar-refractivity contribution in [3.05, 3.63) is 61.2 Å². The van der Waals surface area contributed by atoms with Crippen LogP contribution in [-0.4, -0.2) is 10.5 Å². The van der Waals surface area contributed by atoms with Crippen LogP contribution in [0.1, 0.15) is 39.1 Å². The first-order valence-corrected chi connectivity index (χ1v) is 10.2. The molecule has 2 aromatic heterocycles. The topological polar surface area (TPSA) is 74.9 Å². The van der Waals surface area contributed by atoms with Crippen molar-refractivity contribution >= 4 is 33.1 Å². The number of thiophene rings is 1. The molecule has 0 spiro atoms. The van der Waals surface area contributed by atoms with E-state index < -0.39 is 0 Å². The van der Waals surface area contributed by atoms with E-state index in [0.717, 1.165) is 52.4 Å². The highest BCUT2D eigenvalue weighted by atomic mass is 32.1. The number of aryl methyl sites for hydroxylation is 4. The first-order valence-electron chi connectivity index (χ1n) is 9.35. The summed E-state index contributed by atoms with van der Waals surface area (Å²) in [7, 11) is 0. The van der Waals surface area contributed by atoms with E-state index in [4.69, 9.17) is 0 Å². The fourth-order valence-corrected chi connectivity index (χ4v) is 5.40. The first-order chi connectivity index (χ1) is 13.4. The molecule has 0 saturated carbocycles. The second kappa shape index (κ2) is 6.92. The Morgan fingerprint density at radius 3 is 2.75 bits per heavy atom. The van der Waals surface area contributed by atoms with Crippen molar-refractivity contribution in [3.8, 4) is 6.07 Å². The molecular weight excluding hydrogens is 370 g/mol. The molecule has 0 saturated heterocycles. The van der Waals surface area contributed by atoms with Crippen LogP contribution in [0.5, 0.6) is 0 Å². The van der Waals surface area contributed by atoms with Crippen LogP contribution >= 0.6 is 11.3 Å². The summed E-state index contributed by atoms with van der Waals surface area (Å²) in [4.78, 5) is 26.6. The molecule has 1 N–H and O–H groups in total. The molecule has 6 heteroatoms. The largest absolute Gasteiger partial charge is 0.315 e. The predicted octanol–water partition coefficient (Wildman–Crippen LogP) is 3.99. The van der Waals surface area contributed by atoms with E-state index >= 15 is 0 Å². The lowest BCUT2D eigenvalue weighted by Gasteiger charge is -2.15. The zero-order chi connectivity index (χ0) is 20.0. The Morgan fingerprint density at radius 2 is 2.00 bits per heavy atom. The molecule has 0 radical (unpaired) electrons. The van der Waals surface area contributed by atoms with Gasteiger partial charge in [0.05, 0.1) is 11.1 Å². The smallest absolute Gasteiger partial charge is 0.251 e.